The maximum Gasteiger partial charge on any atom is 0.408 e. The number of alkyl halides is 3. The Kier molecular flexibility index (Phi) is 9.11. The lowest BCUT2D eigenvalue weighted by Crippen LogP contribution is -2.43. The highest BCUT2D eigenvalue weighted by molar-refractivity contribution is 5.97. The van der Waals surface area contributed by atoms with Crippen LogP contribution in [0.5, 0.6) is 0 Å². The number of hydrogen-bond donors (Lipinski definition) is 2. The second-order valence-electron chi connectivity index (χ2n) is 9.61. The van der Waals surface area contributed by atoms with E-state index in [2.05, 4.69) is 15.3 Å². The number of benzene rings is 1. The van der Waals surface area contributed by atoms with Gasteiger partial charge in [0, 0.05) is 31.5 Å². The highest BCUT2D eigenvalue weighted by atomic mass is 19.4. The minimum atomic E-state index is -4.68. The molecular weight excluding hydrogens is 595 g/mol. The van der Waals surface area contributed by atoms with Crippen LogP contribution in [0.1, 0.15) is 29.3 Å². The van der Waals surface area contributed by atoms with E-state index in [0.717, 1.165) is 11.7 Å². The topological polar surface area (TPSA) is 137 Å². The summed E-state index contributed by atoms with van der Waals surface area (Å²) in [5, 5.41) is 4.37. The number of fused-ring (bicyclic) bond motifs is 1. The number of anilines is 1. The zero-order chi connectivity index (χ0) is 32.3. The molecule has 1 amide bonds. The van der Waals surface area contributed by atoms with Gasteiger partial charge in [0.1, 0.15) is 35.1 Å². The average molecular weight is 621 g/mol. The third kappa shape index (κ3) is 6.43. The molecule has 3 heterocycles. The summed E-state index contributed by atoms with van der Waals surface area (Å²) in [6.07, 6.45) is -1.38. The van der Waals surface area contributed by atoms with Crippen molar-refractivity contribution < 1.29 is 36.3 Å². The van der Waals surface area contributed by atoms with Crippen molar-refractivity contribution in [2.45, 2.75) is 38.0 Å². The van der Waals surface area contributed by atoms with Gasteiger partial charge in [-0.1, -0.05) is 13.0 Å². The number of amides is 1. The summed E-state index contributed by atoms with van der Waals surface area (Å²) in [7, 11) is 2.48. The van der Waals surface area contributed by atoms with Gasteiger partial charge in [0.25, 0.3) is 11.5 Å². The number of carbonyl (C=O) groups excluding carboxylic acids is 2. The Labute approximate surface area is 245 Å². The van der Waals surface area contributed by atoms with E-state index in [1.165, 1.54) is 55.3 Å². The van der Waals surface area contributed by atoms with E-state index in [1.807, 2.05) is 5.32 Å². The summed E-state index contributed by atoms with van der Waals surface area (Å²) < 4.78 is 75.5. The van der Waals surface area contributed by atoms with E-state index in [-0.39, 0.29) is 17.6 Å². The lowest BCUT2D eigenvalue weighted by Gasteiger charge is -2.22. The van der Waals surface area contributed by atoms with Crippen molar-refractivity contribution in [3.8, 4) is 5.82 Å². The Bertz CT molecular complexity index is 1820. The van der Waals surface area contributed by atoms with Crippen molar-refractivity contribution in [2.24, 2.45) is 7.05 Å². The minimum Gasteiger partial charge on any atom is -0.467 e. The summed E-state index contributed by atoms with van der Waals surface area (Å²) in [5.74, 6) is -5.31. The van der Waals surface area contributed by atoms with Gasteiger partial charge in [-0.05, 0) is 36.2 Å². The molecule has 0 spiro atoms. The van der Waals surface area contributed by atoms with Crippen LogP contribution in [-0.2, 0) is 23.0 Å². The molecule has 0 bridgehead atoms. The zero-order valence-corrected chi connectivity index (χ0v) is 23.4. The number of hydrogen-bond acceptors (Lipinski definition) is 8. The van der Waals surface area contributed by atoms with Gasteiger partial charge in [0.15, 0.2) is 0 Å². The van der Waals surface area contributed by atoms with Crippen molar-refractivity contribution in [2.75, 3.05) is 12.4 Å². The van der Waals surface area contributed by atoms with Gasteiger partial charge in [0.2, 0.25) is 0 Å². The predicted molar refractivity (Wildman–Crippen MR) is 147 cm³/mol. The van der Waals surface area contributed by atoms with Crippen molar-refractivity contribution >= 4 is 28.5 Å². The summed E-state index contributed by atoms with van der Waals surface area (Å²) in [5.41, 5.74) is -2.37. The van der Waals surface area contributed by atoms with Crippen LogP contribution in [-0.4, -0.2) is 56.3 Å². The second kappa shape index (κ2) is 12.6. The fourth-order valence-corrected chi connectivity index (χ4v) is 4.46. The Morgan fingerprint density at radius 3 is 2.32 bits per heavy atom. The minimum absolute atomic E-state index is 0.0367. The molecule has 11 nitrogen and oxygen atoms in total. The number of methoxy groups -OCH3 is 1. The highest BCUT2D eigenvalue weighted by Crippen LogP contribution is 2.27. The number of aromatic nitrogens is 4. The Morgan fingerprint density at radius 1 is 1.07 bits per heavy atom. The molecule has 0 radical (unpaired) electrons. The van der Waals surface area contributed by atoms with Gasteiger partial charge < -0.3 is 15.4 Å². The van der Waals surface area contributed by atoms with E-state index in [9.17, 15) is 41.1 Å². The number of esters is 1. The normalized spacial score (nSPS) is 12.9. The first-order chi connectivity index (χ1) is 20.8. The van der Waals surface area contributed by atoms with E-state index < -0.39 is 70.7 Å². The van der Waals surface area contributed by atoms with Gasteiger partial charge in [-0.2, -0.15) is 13.2 Å². The number of nitrogens with zero attached hydrogens (tertiary/aromatic N) is 4. The molecule has 0 unspecified atom stereocenters. The standard InChI is InChI=1S/C28H25F5N6O5/c1-4-21(28(31,32)33)36-15-10-17(29)23(18(30)11-15)24(40)37-19(26(42)44-3)9-14-5-6-22(35-12-14)39-25(41)16-7-8-34-13-20(16)38(2)27(39)43/h5-8,10-13,19,21,36H,4,9H2,1-3H3,(H,37,40)/t19-,21+/m0/s1. The Balaban J connectivity index is 1.57. The van der Waals surface area contributed by atoms with Gasteiger partial charge in [-0.3, -0.25) is 19.1 Å². The van der Waals surface area contributed by atoms with E-state index in [0.29, 0.717) is 23.2 Å². The first-order valence-electron chi connectivity index (χ1n) is 13.0. The first kappa shape index (κ1) is 31.8. The summed E-state index contributed by atoms with van der Waals surface area (Å²) >= 11 is 0. The van der Waals surface area contributed by atoms with E-state index in [4.69, 9.17) is 4.74 Å². The van der Waals surface area contributed by atoms with E-state index >= 15 is 0 Å². The molecule has 3 aromatic heterocycles. The fraction of sp³-hybridized carbons (Fsp3) is 0.286. The summed E-state index contributed by atoms with van der Waals surface area (Å²) in [6.45, 7) is 1.23. The lowest BCUT2D eigenvalue weighted by molar-refractivity contribution is -0.143. The number of ether oxygens (including phenoxy) is 1. The first-order valence-corrected chi connectivity index (χ1v) is 13.0. The van der Waals surface area contributed by atoms with Crippen molar-refractivity contribution in [3.05, 3.63) is 92.5 Å². The second-order valence-corrected chi connectivity index (χ2v) is 9.61. The van der Waals surface area contributed by atoms with Crippen LogP contribution in [0.15, 0.2) is 58.5 Å². The molecule has 0 aliphatic rings. The van der Waals surface area contributed by atoms with Crippen molar-refractivity contribution in [1.82, 2.24) is 24.4 Å². The molecule has 0 aliphatic heterocycles. The number of nitrogens with one attached hydrogen (secondary N) is 2. The van der Waals surface area contributed by atoms with Crippen molar-refractivity contribution in [3.63, 3.8) is 0 Å². The maximum absolute atomic E-state index is 14.8. The Morgan fingerprint density at radius 2 is 1.75 bits per heavy atom. The number of pyridine rings is 2. The molecule has 0 fully saturated rings. The molecule has 16 heteroatoms. The monoisotopic (exact) mass is 620 g/mol. The van der Waals surface area contributed by atoms with Crippen LogP contribution in [0.4, 0.5) is 27.6 Å². The van der Waals surface area contributed by atoms with E-state index in [1.54, 1.807) is 0 Å². The van der Waals surface area contributed by atoms with Gasteiger partial charge >= 0.3 is 17.8 Å². The van der Waals surface area contributed by atoms with Crippen LogP contribution < -0.4 is 21.9 Å². The molecule has 0 saturated heterocycles. The van der Waals surface area contributed by atoms with Crippen LogP contribution in [0.25, 0.3) is 16.7 Å². The van der Waals surface area contributed by atoms with Crippen LogP contribution in [0.2, 0.25) is 0 Å². The summed E-state index contributed by atoms with van der Waals surface area (Å²) in [6, 6.07) is 1.72. The molecule has 232 valence electrons. The van der Waals surface area contributed by atoms with Crippen molar-refractivity contribution in [1.29, 1.82) is 0 Å². The molecule has 4 rings (SSSR count). The number of aryl methyl sites for hydroxylation is 1. The number of halogens is 5. The largest absolute Gasteiger partial charge is 0.467 e. The lowest BCUT2D eigenvalue weighted by atomic mass is 10.1. The summed E-state index contributed by atoms with van der Waals surface area (Å²) in [4.78, 5) is 59.2. The SMILES string of the molecule is CC[C@@H](Nc1cc(F)c(C(=O)N[C@@H](Cc2ccc(-n3c(=O)c4ccncc4n(C)c3=O)nc2)C(=O)OC)c(F)c1)C(F)(F)F. The quantitative estimate of drug-likeness (QED) is 0.215. The molecule has 1 aromatic carbocycles. The molecule has 0 aliphatic carbocycles. The highest BCUT2D eigenvalue weighted by Gasteiger charge is 2.38. The molecule has 0 saturated carbocycles. The fourth-order valence-electron chi connectivity index (χ4n) is 4.46. The molecule has 4 aromatic rings. The molecular formula is C28H25F5N6O5. The van der Waals surface area contributed by atoms with Crippen LogP contribution in [0, 0.1) is 11.6 Å². The van der Waals surface area contributed by atoms with Gasteiger partial charge in [0.05, 0.1) is 24.2 Å². The zero-order valence-electron chi connectivity index (χ0n) is 23.4. The van der Waals surface area contributed by atoms with Gasteiger partial charge in [-0.25, -0.2) is 27.9 Å². The average Bonchev–Trinajstić information content (AvgIpc) is 2.98. The Hall–Kier alpha value is -5.15. The smallest absolute Gasteiger partial charge is 0.408 e. The van der Waals surface area contributed by atoms with Crippen LogP contribution >= 0.6 is 0 Å². The molecule has 44 heavy (non-hydrogen) atoms. The third-order valence-electron chi connectivity index (χ3n) is 6.76. The number of rotatable bonds is 9. The van der Waals surface area contributed by atoms with Crippen LogP contribution in [0.3, 0.4) is 0 Å². The third-order valence-corrected chi connectivity index (χ3v) is 6.76. The maximum atomic E-state index is 14.8. The number of carbonyl (C=O) groups is 2. The predicted octanol–water partition coefficient (Wildman–Crippen LogP) is 3.02. The van der Waals surface area contributed by atoms with Gasteiger partial charge in [-0.15, -0.1) is 0 Å². The molecule has 2 atom stereocenters. The molecule has 2 N–H and O–H groups in total.